The fourth-order valence-corrected chi connectivity index (χ4v) is 2.73. The molecule has 0 radical (unpaired) electrons. The van der Waals surface area contributed by atoms with Gasteiger partial charge in [-0.1, -0.05) is 6.92 Å². The van der Waals surface area contributed by atoms with Crippen molar-refractivity contribution in [1.29, 1.82) is 0 Å². The Morgan fingerprint density at radius 1 is 1.56 bits per heavy atom. The van der Waals surface area contributed by atoms with Crippen LogP contribution in [-0.2, 0) is 10.8 Å². The average Bonchev–Trinajstić information content (AvgIpc) is 2.23. The maximum atomic E-state index is 11.0. The molecule has 0 aliphatic carbocycles. The highest BCUT2D eigenvalue weighted by Crippen LogP contribution is 2.18. The van der Waals surface area contributed by atoms with Gasteiger partial charge in [-0.15, -0.1) is 0 Å². The Morgan fingerprint density at radius 2 is 2.25 bits per heavy atom. The third-order valence-corrected chi connectivity index (χ3v) is 4.52. The molecule has 3 nitrogen and oxygen atoms in total. The maximum absolute atomic E-state index is 11.0. The van der Waals surface area contributed by atoms with E-state index in [0.717, 1.165) is 38.2 Å². The molecule has 0 aromatic carbocycles. The third-order valence-electron chi connectivity index (χ3n) is 3.66. The van der Waals surface area contributed by atoms with Crippen LogP contribution in [0.25, 0.3) is 0 Å². The molecule has 0 bridgehead atoms. The molecular formula is C12H26N2OS. The Bertz CT molecular complexity index is 247. The van der Waals surface area contributed by atoms with Crippen molar-refractivity contribution in [3.8, 4) is 0 Å². The summed E-state index contributed by atoms with van der Waals surface area (Å²) in [4.78, 5) is 2.53. The van der Waals surface area contributed by atoms with Crippen LogP contribution >= 0.6 is 0 Å². The zero-order chi connectivity index (χ0) is 12.2. The van der Waals surface area contributed by atoms with Gasteiger partial charge < -0.3 is 5.32 Å². The summed E-state index contributed by atoms with van der Waals surface area (Å²) >= 11 is 0. The normalized spacial score (nSPS) is 33.9. The van der Waals surface area contributed by atoms with E-state index in [1.807, 2.05) is 0 Å². The van der Waals surface area contributed by atoms with Gasteiger partial charge in [-0.05, 0) is 33.2 Å². The van der Waals surface area contributed by atoms with Gasteiger partial charge in [-0.2, -0.15) is 0 Å². The standard InChI is InChI=1S/C12H26N2OS/c1-5-12(3)10-14(11(2)9-13-12)7-6-8-16(4)15/h11,13H,5-10H2,1-4H3. The minimum atomic E-state index is -0.644. The molecule has 1 aliphatic heterocycles. The van der Waals surface area contributed by atoms with E-state index < -0.39 is 10.8 Å². The molecule has 3 unspecified atom stereocenters. The summed E-state index contributed by atoms with van der Waals surface area (Å²) in [6.07, 6.45) is 4.00. The highest BCUT2D eigenvalue weighted by Gasteiger charge is 2.31. The van der Waals surface area contributed by atoms with Gasteiger partial charge in [-0.3, -0.25) is 9.11 Å². The van der Waals surface area contributed by atoms with Crippen LogP contribution in [0.1, 0.15) is 33.6 Å². The molecule has 3 atom stereocenters. The fourth-order valence-electron chi connectivity index (χ4n) is 2.19. The van der Waals surface area contributed by atoms with Gasteiger partial charge in [0.25, 0.3) is 0 Å². The van der Waals surface area contributed by atoms with Crippen LogP contribution in [0.3, 0.4) is 0 Å². The largest absolute Gasteiger partial charge is 0.309 e. The molecule has 0 saturated carbocycles. The smallest absolute Gasteiger partial charge is 0.0278 e. The van der Waals surface area contributed by atoms with Gasteiger partial charge in [0.1, 0.15) is 0 Å². The van der Waals surface area contributed by atoms with E-state index in [-0.39, 0.29) is 5.54 Å². The Hall–Kier alpha value is 0.0700. The molecule has 4 heteroatoms. The first-order valence-corrected chi connectivity index (χ1v) is 7.98. The Kier molecular flexibility index (Phi) is 5.41. The molecule has 0 aromatic heterocycles. The molecule has 0 spiro atoms. The monoisotopic (exact) mass is 246 g/mol. The summed E-state index contributed by atoms with van der Waals surface area (Å²) in [6, 6.07) is 0.602. The third kappa shape index (κ3) is 4.15. The van der Waals surface area contributed by atoms with Crippen molar-refractivity contribution in [3.05, 3.63) is 0 Å². The lowest BCUT2D eigenvalue weighted by Gasteiger charge is -2.45. The van der Waals surface area contributed by atoms with Crippen LogP contribution < -0.4 is 5.32 Å². The second-order valence-corrected chi connectivity index (χ2v) is 6.80. The lowest BCUT2D eigenvalue weighted by Crippen LogP contribution is -2.62. The topological polar surface area (TPSA) is 32.3 Å². The van der Waals surface area contributed by atoms with Gasteiger partial charge in [0.15, 0.2) is 0 Å². The highest BCUT2D eigenvalue weighted by atomic mass is 32.2. The maximum Gasteiger partial charge on any atom is 0.0278 e. The van der Waals surface area contributed by atoms with Crippen molar-refractivity contribution >= 4 is 10.8 Å². The van der Waals surface area contributed by atoms with Crippen molar-refractivity contribution in [2.24, 2.45) is 0 Å². The van der Waals surface area contributed by atoms with E-state index in [2.05, 4.69) is 31.0 Å². The van der Waals surface area contributed by atoms with Crippen molar-refractivity contribution in [2.45, 2.75) is 45.2 Å². The summed E-state index contributed by atoms with van der Waals surface area (Å²) < 4.78 is 11.0. The summed E-state index contributed by atoms with van der Waals surface area (Å²) in [5.74, 6) is 0.833. The molecule has 1 rings (SSSR count). The van der Waals surface area contributed by atoms with Crippen LogP contribution in [0, 0.1) is 0 Å². The van der Waals surface area contributed by atoms with Crippen molar-refractivity contribution in [2.75, 3.05) is 31.6 Å². The molecule has 0 amide bonds. The molecule has 1 aliphatic rings. The van der Waals surface area contributed by atoms with E-state index in [4.69, 9.17) is 0 Å². The number of rotatable bonds is 5. The molecule has 16 heavy (non-hydrogen) atoms. The van der Waals surface area contributed by atoms with E-state index in [1.165, 1.54) is 0 Å². The molecule has 0 aromatic rings. The Morgan fingerprint density at radius 3 is 2.81 bits per heavy atom. The van der Waals surface area contributed by atoms with Crippen molar-refractivity contribution in [1.82, 2.24) is 10.2 Å². The van der Waals surface area contributed by atoms with Crippen LogP contribution in [0.5, 0.6) is 0 Å². The van der Waals surface area contributed by atoms with Crippen LogP contribution in [-0.4, -0.2) is 52.3 Å². The number of nitrogens with one attached hydrogen (secondary N) is 1. The van der Waals surface area contributed by atoms with Gasteiger partial charge in [0, 0.05) is 47.5 Å². The first-order chi connectivity index (χ1) is 7.47. The molecule has 1 heterocycles. The van der Waals surface area contributed by atoms with Crippen molar-refractivity contribution < 1.29 is 4.21 Å². The quantitative estimate of drug-likeness (QED) is 0.791. The summed E-state index contributed by atoms with van der Waals surface area (Å²) in [5, 5.41) is 3.62. The van der Waals surface area contributed by atoms with Gasteiger partial charge in [0.2, 0.25) is 0 Å². The molecule has 1 fully saturated rings. The Labute approximate surface area is 102 Å². The molecule has 1 N–H and O–H groups in total. The van der Waals surface area contributed by atoms with Gasteiger partial charge in [-0.25, -0.2) is 0 Å². The van der Waals surface area contributed by atoms with Crippen LogP contribution in [0.15, 0.2) is 0 Å². The van der Waals surface area contributed by atoms with E-state index in [0.29, 0.717) is 6.04 Å². The SMILES string of the molecule is CCC1(C)CN(CCCS(C)=O)C(C)CN1. The first-order valence-electron chi connectivity index (χ1n) is 6.26. The Balaban J connectivity index is 2.41. The number of piperazine rings is 1. The molecule has 96 valence electrons. The molecule has 1 saturated heterocycles. The summed E-state index contributed by atoms with van der Waals surface area (Å²) in [5.41, 5.74) is 0.262. The first kappa shape index (κ1) is 14.1. The van der Waals surface area contributed by atoms with Gasteiger partial charge >= 0.3 is 0 Å². The zero-order valence-electron chi connectivity index (χ0n) is 11.1. The van der Waals surface area contributed by atoms with E-state index in [1.54, 1.807) is 6.26 Å². The number of hydrogen-bond acceptors (Lipinski definition) is 3. The second kappa shape index (κ2) is 6.12. The fraction of sp³-hybridized carbons (Fsp3) is 1.00. The van der Waals surface area contributed by atoms with Crippen LogP contribution in [0.2, 0.25) is 0 Å². The predicted molar refractivity (Wildman–Crippen MR) is 71.3 cm³/mol. The van der Waals surface area contributed by atoms with Gasteiger partial charge in [0.05, 0.1) is 0 Å². The minimum Gasteiger partial charge on any atom is -0.309 e. The highest BCUT2D eigenvalue weighted by molar-refractivity contribution is 7.84. The number of nitrogens with zero attached hydrogens (tertiary/aromatic N) is 1. The minimum absolute atomic E-state index is 0.262. The number of hydrogen-bond donors (Lipinski definition) is 1. The summed E-state index contributed by atoms with van der Waals surface area (Å²) in [7, 11) is -0.644. The molecular weight excluding hydrogens is 220 g/mol. The van der Waals surface area contributed by atoms with E-state index >= 15 is 0 Å². The predicted octanol–water partition coefficient (Wildman–Crippen LogP) is 1.22. The van der Waals surface area contributed by atoms with Crippen molar-refractivity contribution in [3.63, 3.8) is 0 Å². The summed E-state index contributed by atoms with van der Waals surface area (Å²) in [6.45, 7) is 10.1. The lowest BCUT2D eigenvalue weighted by atomic mass is 9.94. The van der Waals surface area contributed by atoms with Crippen LogP contribution in [0.4, 0.5) is 0 Å². The lowest BCUT2D eigenvalue weighted by molar-refractivity contribution is 0.0936. The average molecular weight is 246 g/mol. The van der Waals surface area contributed by atoms with E-state index in [9.17, 15) is 4.21 Å². The zero-order valence-corrected chi connectivity index (χ0v) is 11.9. The second-order valence-electron chi connectivity index (χ2n) is 5.25.